The predicted octanol–water partition coefficient (Wildman–Crippen LogP) is 2.00. The summed E-state index contributed by atoms with van der Waals surface area (Å²) in [6.45, 7) is 1.32. The van der Waals surface area contributed by atoms with E-state index in [2.05, 4.69) is 10.4 Å². The van der Waals surface area contributed by atoms with E-state index < -0.39 is 0 Å². The molecule has 0 bridgehead atoms. The minimum Gasteiger partial charge on any atom is -0.497 e. The number of hydrogen-bond acceptors (Lipinski definition) is 4. The quantitative estimate of drug-likeness (QED) is 0.916. The van der Waals surface area contributed by atoms with E-state index in [1.165, 1.54) is 0 Å². The molecule has 23 heavy (non-hydrogen) atoms. The fourth-order valence-electron chi connectivity index (χ4n) is 2.71. The third-order valence-electron chi connectivity index (χ3n) is 3.99. The topological polar surface area (TPSA) is 65.4 Å². The van der Waals surface area contributed by atoms with Gasteiger partial charge in [0.25, 0.3) is 5.91 Å². The Morgan fingerprint density at radius 1 is 1.48 bits per heavy atom. The number of ether oxygens (including phenoxy) is 2. The number of nitrogens with zero attached hydrogens (tertiary/aromatic N) is 2. The number of hydrogen-bond donors (Lipinski definition) is 1. The van der Waals surface area contributed by atoms with Crippen molar-refractivity contribution in [3.05, 3.63) is 36.0 Å². The van der Waals surface area contributed by atoms with Crippen molar-refractivity contribution >= 4 is 5.91 Å². The molecule has 1 aliphatic rings. The number of amides is 1. The predicted molar refractivity (Wildman–Crippen MR) is 86.5 cm³/mol. The van der Waals surface area contributed by atoms with Crippen LogP contribution in [-0.4, -0.2) is 42.1 Å². The molecule has 6 nitrogen and oxygen atoms in total. The maximum atomic E-state index is 12.3. The van der Waals surface area contributed by atoms with Crippen LogP contribution in [0.5, 0.6) is 5.75 Å². The monoisotopic (exact) mass is 315 g/mol. The summed E-state index contributed by atoms with van der Waals surface area (Å²) in [4.78, 5) is 12.3. The lowest BCUT2D eigenvalue weighted by Gasteiger charge is -2.10. The van der Waals surface area contributed by atoms with E-state index in [-0.39, 0.29) is 12.0 Å². The minimum absolute atomic E-state index is 0.130. The average molecular weight is 315 g/mol. The molecule has 1 amide bonds. The second-order valence-electron chi connectivity index (χ2n) is 5.62. The normalized spacial score (nSPS) is 17.2. The lowest BCUT2D eigenvalue weighted by Crippen LogP contribution is -2.32. The van der Waals surface area contributed by atoms with E-state index in [9.17, 15) is 4.79 Å². The van der Waals surface area contributed by atoms with Gasteiger partial charge in [-0.25, -0.2) is 0 Å². The summed E-state index contributed by atoms with van der Waals surface area (Å²) in [7, 11) is 3.39. The Hall–Kier alpha value is -2.34. The first-order valence-electron chi connectivity index (χ1n) is 7.75. The molecule has 2 heterocycles. The summed E-state index contributed by atoms with van der Waals surface area (Å²) >= 11 is 0. The highest BCUT2D eigenvalue weighted by molar-refractivity contribution is 5.93. The SMILES string of the molecule is COc1cccc(-c2cc(C(=O)NCC3CCCO3)n(C)n2)c1. The Morgan fingerprint density at radius 2 is 2.35 bits per heavy atom. The van der Waals surface area contributed by atoms with Gasteiger partial charge in [-0.15, -0.1) is 0 Å². The Kier molecular flexibility index (Phi) is 4.62. The lowest BCUT2D eigenvalue weighted by molar-refractivity contribution is 0.0850. The largest absolute Gasteiger partial charge is 0.497 e. The number of aromatic nitrogens is 2. The van der Waals surface area contributed by atoms with Gasteiger partial charge in [-0.2, -0.15) is 5.10 Å². The zero-order valence-electron chi connectivity index (χ0n) is 13.4. The Morgan fingerprint density at radius 3 is 3.09 bits per heavy atom. The molecule has 2 aromatic rings. The Labute approximate surface area is 135 Å². The van der Waals surface area contributed by atoms with Crippen molar-refractivity contribution in [1.29, 1.82) is 0 Å². The molecule has 1 aromatic heterocycles. The summed E-state index contributed by atoms with van der Waals surface area (Å²) in [6, 6.07) is 9.41. The second kappa shape index (κ2) is 6.83. The highest BCUT2D eigenvalue weighted by atomic mass is 16.5. The van der Waals surface area contributed by atoms with Gasteiger partial charge >= 0.3 is 0 Å². The number of aryl methyl sites for hydroxylation is 1. The maximum Gasteiger partial charge on any atom is 0.269 e. The van der Waals surface area contributed by atoms with E-state index in [0.717, 1.165) is 36.5 Å². The second-order valence-corrected chi connectivity index (χ2v) is 5.62. The van der Waals surface area contributed by atoms with Gasteiger partial charge in [0.1, 0.15) is 11.4 Å². The van der Waals surface area contributed by atoms with Crippen LogP contribution in [0.2, 0.25) is 0 Å². The Bertz CT molecular complexity index is 690. The third kappa shape index (κ3) is 3.53. The van der Waals surface area contributed by atoms with Crippen molar-refractivity contribution in [2.24, 2.45) is 7.05 Å². The highest BCUT2D eigenvalue weighted by Crippen LogP contribution is 2.23. The van der Waals surface area contributed by atoms with Crippen molar-refractivity contribution in [1.82, 2.24) is 15.1 Å². The number of carbonyl (C=O) groups excluding carboxylic acids is 1. The summed E-state index contributed by atoms with van der Waals surface area (Å²) in [5, 5.41) is 7.35. The third-order valence-corrected chi connectivity index (χ3v) is 3.99. The zero-order valence-corrected chi connectivity index (χ0v) is 13.4. The molecule has 1 saturated heterocycles. The van der Waals surface area contributed by atoms with Gasteiger partial charge in [0.15, 0.2) is 0 Å². The summed E-state index contributed by atoms with van der Waals surface area (Å²) in [6.07, 6.45) is 2.19. The van der Waals surface area contributed by atoms with Crippen molar-refractivity contribution in [2.45, 2.75) is 18.9 Å². The van der Waals surface area contributed by atoms with E-state index in [1.807, 2.05) is 24.3 Å². The molecule has 1 fully saturated rings. The van der Waals surface area contributed by atoms with Crippen molar-refractivity contribution in [3.8, 4) is 17.0 Å². The standard InChI is InChI=1S/C17H21N3O3/c1-20-16(17(21)18-11-14-7-4-8-23-14)10-15(19-20)12-5-3-6-13(9-12)22-2/h3,5-6,9-10,14H,4,7-8,11H2,1-2H3,(H,18,21). The van der Waals surface area contributed by atoms with Crippen LogP contribution in [0, 0.1) is 0 Å². The number of nitrogens with one attached hydrogen (secondary N) is 1. The molecule has 1 unspecified atom stereocenters. The number of benzene rings is 1. The number of carbonyl (C=O) groups is 1. The zero-order chi connectivity index (χ0) is 16.2. The Balaban J connectivity index is 1.73. The van der Waals surface area contributed by atoms with Gasteiger partial charge < -0.3 is 14.8 Å². The fourth-order valence-corrected chi connectivity index (χ4v) is 2.71. The van der Waals surface area contributed by atoms with Gasteiger partial charge in [-0.05, 0) is 31.0 Å². The van der Waals surface area contributed by atoms with Crippen LogP contribution < -0.4 is 10.1 Å². The van der Waals surface area contributed by atoms with Crippen molar-refractivity contribution < 1.29 is 14.3 Å². The first kappa shape index (κ1) is 15.6. The van der Waals surface area contributed by atoms with Crippen LogP contribution in [-0.2, 0) is 11.8 Å². The molecule has 0 aliphatic carbocycles. The number of methoxy groups -OCH3 is 1. The first-order valence-corrected chi connectivity index (χ1v) is 7.75. The van der Waals surface area contributed by atoms with Crippen LogP contribution >= 0.6 is 0 Å². The van der Waals surface area contributed by atoms with E-state index in [1.54, 1.807) is 24.9 Å². The molecule has 0 saturated carbocycles. The van der Waals surface area contributed by atoms with Crippen LogP contribution in [0.4, 0.5) is 0 Å². The van der Waals surface area contributed by atoms with Gasteiger partial charge in [0.2, 0.25) is 0 Å². The molecule has 1 aliphatic heterocycles. The van der Waals surface area contributed by atoms with Gasteiger partial charge in [-0.1, -0.05) is 12.1 Å². The van der Waals surface area contributed by atoms with E-state index in [4.69, 9.17) is 9.47 Å². The van der Waals surface area contributed by atoms with Crippen LogP contribution in [0.15, 0.2) is 30.3 Å². The van der Waals surface area contributed by atoms with Gasteiger partial charge in [0, 0.05) is 25.8 Å². The van der Waals surface area contributed by atoms with Crippen LogP contribution in [0.25, 0.3) is 11.3 Å². The van der Waals surface area contributed by atoms with Gasteiger partial charge in [0.05, 0.1) is 18.9 Å². The molecule has 1 N–H and O–H groups in total. The summed E-state index contributed by atoms with van der Waals surface area (Å²) in [5.41, 5.74) is 2.19. The average Bonchev–Trinajstić information content (AvgIpc) is 3.22. The fraction of sp³-hybridized carbons (Fsp3) is 0.412. The number of rotatable bonds is 5. The van der Waals surface area contributed by atoms with Gasteiger partial charge in [-0.3, -0.25) is 9.48 Å². The molecule has 3 rings (SSSR count). The van der Waals surface area contributed by atoms with E-state index >= 15 is 0 Å². The maximum absolute atomic E-state index is 12.3. The van der Waals surface area contributed by atoms with Crippen LogP contribution in [0.1, 0.15) is 23.3 Å². The molecule has 1 aromatic carbocycles. The first-order chi connectivity index (χ1) is 11.2. The molecule has 0 radical (unpaired) electrons. The molecular formula is C17H21N3O3. The molecular weight excluding hydrogens is 294 g/mol. The van der Waals surface area contributed by atoms with E-state index in [0.29, 0.717) is 12.2 Å². The molecule has 1 atom stereocenters. The molecule has 122 valence electrons. The molecule has 0 spiro atoms. The summed E-state index contributed by atoms with van der Waals surface area (Å²) in [5.74, 6) is 0.627. The lowest BCUT2D eigenvalue weighted by atomic mass is 10.1. The van der Waals surface area contributed by atoms with Crippen LogP contribution in [0.3, 0.4) is 0 Å². The smallest absolute Gasteiger partial charge is 0.269 e. The summed E-state index contributed by atoms with van der Waals surface area (Å²) < 4.78 is 12.3. The van der Waals surface area contributed by atoms with Crippen molar-refractivity contribution in [3.63, 3.8) is 0 Å². The van der Waals surface area contributed by atoms with Crippen molar-refractivity contribution in [2.75, 3.05) is 20.3 Å². The molecule has 6 heteroatoms. The minimum atomic E-state index is -0.135. The highest BCUT2D eigenvalue weighted by Gasteiger charge is 2.19.